The van der Waals surface area contributed by atoms with Gasteiger partial charge < -0.3 is 15.3 Å². The van der Waals surface area contributed by atoms with Crippen molar-refractivity contribution in [2.45, 2.75) is 51.2 Å². The Balaban J connectivity index is 2.02. The van der Waals surface area contributed by atoms with Crippen molar-refractivity contribution in [3.8, 4) is 5.75 Å². The molecule has 3 nitrogen and oxygen atoms in total. The van der Waals surface area contributed by atoms with Gasteiger partial charge in [0.1, 0.15) is 5.75 Å². The Morgan fingerprint density at radius 3 is 2.33 bits per heavy atom. The van der Waals surface area contributed by atoms with Crippen LogP contribution in [0, 0.1) is 19.8 Å². The van der Waals surface area contributed by atoms with Crippen molar-refractivity contribution in [3.63, 3.8) is 0 Å². The minimum Gasteiger partial charge on any atom is -0.508 e. The third-order valence-electron chi connectivity index (χ3n) is 5.27. The number of aliphatic hydroxyl groups excluding tert-OH is 2. The first-order valence-corrected chi connectivity index (χ1v) is 8.68. The van der Waals surface area contributed by atoms with Gasteiger partial charge >= 0.3 is 0 Å². The number of hydrogen-bond acceptors (Lipinski definition) is 3. The van der Waals surface area contributed by atoms with Gasteiger partial charge in [-0.15, -0.1) is 0 Å². The van der Waals surface area contributed by atoms with E-state index >= 15 is 0 Å². The number of benzene rings is 2. The molecule has 3 heteroatoms. The van der Waals surface area contributed by atoms with E-state index < -0.39 is 12.2 Å². The Kier molecular flexibility index (Phi) is 4.93. The standard InChI is InChI=1S/C21H26O3/c1-13-4-3-5-15(10-13)21(16-6-8-18(22)14(2)11-16)17-7-9-19(23)20(24)12-17/h3-6,8,10-11,17,19-24H,7,9,12H2,1-2H3. The molecule has 2 aromatic carbocycles. The number of rotatable bonds is 3. The summed E-state index contributed by atoms with van der Waals surface area (Å²) < 4.78 is 0. The predicted molar refractivity (Wildman–Crippen MR) is 95.2 cm³/mol. The van der Waals surface area contributed by atoms with Crippen LogP contribution in [0.4, 0.5) is 0 Å². The van der Waals surface area contributed by atoms with Gasteiger partial charge in [0, 0.05) is 5.92 Å². The molecule has 0 heterocycles. The van der Waals surface area contributed by atoms with Crippen molar-refractivity contribution in [2.24, 2.45) is 5.92 Å². The summed E-state index contributed by atoms with van der Waals surface area (Å²) in [6.07, 6.45) is 0.844. The molecule has 0 aromatic heterocycles. The highest BCUT2D eigenvalue weighted by molar-refractivity contribution is 5.41. The third kappa shape index (κ3) is 3.47. The van der Waals surface area contributed by atoms with E-state index in [4.69, 9.17) is 0 Å². The van der Waals surface area contributed by atoms with Crippen LogP contribution in [0.25, 0.3) is 0 Å². The molecule has 0 amide bonds. The second-order valence-electron chi connectivity index (χ2n) is 7.15. The molecule has 0 aliphatic heterocycles. The van der Waals surface area contributed by atoms with Crippen LogP contribution in [0.15, 0.2) is 42.5 Å². The summed E-state index contributed by atoms with van der Waals surface area (Å²) in [5.41, 5.74) is 4.46. The molecule has 1 aliphatic rings. The van der Waals surface area contributed by atoms with Crippen LogP contribution < -0.4 is 0 Å². The maximum Gasteiger partial charge on any atom is 0.118 e. The molecule has 0 saturated heterocycles. The maximum absolute atomic E-state index is 10.2. The zero-order chi connectivity index (χ0) is 17.3. The predicted octanol–water partition coefficient (Wildman–Crippen LogP) is 3.66. The van der Waals surface area contributed by atoms with Gasteiger partial charge in [0.15, 0.2) is 0 Å². The molecule has 2 aromatic rings. The van der Waals surface area contributed by atoms with Crippen molar-refractivity contribution in [2.75, 3.05) is 0 Å². The molecule has 0 bridgehead atoms. The van der Waals surface area contributed by atoms with E-state index in [1.165, 1.54) is 11.1 Å². The van der Waals surface area contributed by atoms with Crippen molar-refractivity contribution in [3.05, 3.63) is 64.7 Å². The zero-order valence-corrected chi connectivity index (χ0v) is 14.3. The zero-order valence-electron chi connectivity index (χ0n) is 14.3. The fourth-order valence-electron chi connectivity index (χ4n) is 3.94. The lowest BCUT2D eigenvalue weighted by atomic mass is 9.72. The van der Waals surface area contributed by atoms with Gasteiger partial charge in [-0.25, -0.2) is 0 Å². The van der Waals surface area contributed by atoms with E-state index in [9.17, 15) is 15.3 Å². The van der Waals surface area contributed by atoms with Crippen LogP contribution in [0.2, 0.25) is 0 Å². The molecule has 1 saturated carbocycles. The third-order valence-corrected chi connectivity index (χ3v) is 5.27. The molecule has 4 unspecified atom stereocenters. The molecule has 3 rings (SSSR count). The number of phenols is 1. The second kappa shape index (κ2) is 6.96. The average Bonchev–Trinajstić information content (AvgIpc) is 2.54. The van der Waals surface area contributed by atoms with Gasteiger partial charge in [-0.3, -0.25) is 0 Å². The minimum atomic E-state index is -0.658. The molecular formula is C21H26O3. The molecule has 24 heavy (non-hydrogen) atoms. The van der Waals surface area contributed by atoms with Crippen LogP contribution in [-0.2, 0) is 0 Å². The summed E-state index contributed by atoms with van der Waals surface area (Å²) >= 11 is 0. The van der Waals surface area contributed by atoms with Crippen molar-refractivity contribution >= 4 is 0 Å². The normalized spacial score (nSPS) is 25.4. The van der Waals surface area contributed by atoms with Crippen molar-refractivity contribution < 1.29 is 15.3 Å². The van der Waals surface area contributed by atoms with Gasteiger partial charge in [0.2, 0.25) is 0 Å². The summed E-state index contributed by atoms with van der Waals surface area (Å²) in [4.78, 5) is 0. The second-order valence-corrected chi connectivity index (χ2v) is 7.15. The number of phenolic OH excluding ortho intramolecular Hbond substituents is 1. The Morgan fingerprint density at radius 1 is 0.917 bits per heavy atom. The first-order valence-electron chi connectivity index (χ1n) is 8.68. The highest BCUT2D eigenvalue weighted by Gasteiger charge is 2.34. The number of hydrogen-bond donors (Lipinski definition) is 3. The Hall–Kier alpha value is -1.84. The van der Waals surface area contributed by atoms with E-state index in [2.05, 4.69) is 31.2 Å². The molecular weight excluding hydrogens is 300 g/mol. The summed E-state index contributed by atoms with van der Waals surface area (Å²) in [6, 6.07) is 14.3. The number of aliphatic hydroxyl groups is 2. The fourth-order valence-corrected chi connectivity index (χ4v) is 3.94. The molecule has 0 spiro atoms. The molecule has 1 fully saturated rings. The minimum absolute atomic E-state index is 0.159. The van der Waals surface area contributed by atoms with Crippen LogP contribution in [0.1, 0.15) is 47.4 Å². The Morgan fingerprint density at radius 2 is 1.67 bits per heavy atom. The van der Waals surface area contributed by atoms with Crippen LogP contribution in [-0.4, -0.2) is 27.5 Å². The molecule has 128 valence electrons. The highest BCUT2D eigenvalue weighted by Crippen LogP contribution is 2.41. The monoisotopic (exact) mass is 326 g/mol. The average molecular weight is 326 g/mol. The maximum atomic E-state index is 10.2. The first kappa shape index (κ1) is 17.0. The molecule has 4 atom stereocenters. The fraction of sp³-hybridized carbons (Fsp3) is 0.429. The van der Waals surface area contributed by atoms with Gasteiger partial charge in [0.05, 0.1) is 12.2 Å². The first-order chi connectivity index (χ1) is 11.5. The quantitative estimate of drug-likeness (QED) is 0.806. The summed E-state index contributed by atoms with van der Waals surface area (Å²) in [5.74, 6) is 0.737. The van der Waals surface area contributed by atoms with Gasteiger partial charge in [-0.05, 0) is 61.8 Å². The van der Waals surface area contributed by atoms with Gasteiger partial charge in [-0.1, -0.05) is 42.0 Å². The van der Waals surface area contributed by atoms with E-state index in [1.54, 1.807) is 6.07 Å². The van der Waals surface area contributed by atoms with Crippen LogP contribution in [0.5, 0.6) is 5.75 Å². The largest absolute Gasteiger partial charge is 0.508 e. The van der Waals surface area contributed by atoms with Gasteiger partial charge in [0.25, 0.3) is 0 Å². The molecule has 1 aliphatic carbocycles. The van der Waals surface area contributed by atoms with E-state index in [0.29, 0.717) is 18.6 Å². The Labute approximate surface area is 143 Å². The lowest BCUT2D eigenvalue weighted by Crippen LogP contribution is -2.35. The van der Waals surface area contributed by atoms with E-state index in [1.807, 2.05) is 19.1 Å². The lowest BCUT2D eigenvalue weighted by molar-refractivity contribution is -0.0276. The lowest BCUT2D eigenvalue weighted by Gasteiger charge is -2.36. The topological polar surface area (TPSA) is 60.7 Å². The SMILES string of the molecule is Cc1cccc(C(c2ccc(O)c(C)c2)C2CCC(O)C(O)C2)c1. The Bertz CT molecular complexity index is 710. The smallest absolute Gasteiger partial charge is 0.118 e. The molecule has 3 N–H and O–H groups in total. The molecule has 0 radical (unpaired) electrons. The van der Waals surface area contributed by atoms with Crippen LogP contribution in [0.3, 0.4) is 0 Å². The summed E-state index contributed by atoms with van der Waals surface area (Å²) in [5, 5.41) is 29.9. The number of aromatic hydroxyl groups is 1. The summed E-state index contributed by atoms with van der Waals surface area (Å²) in [6.45, 7) is 3.99. The van der Waals surface area contributed by atoms with E-state index in [-0.39, 0.29) is 11.8 Å². The summed E-state index contributed by atoms with van der Waals surface area (Å²) in [7, 11) is 0. The van der Waals surface area contributed by atoms with Crippen molar-refractivity contribution in [1.82, 2.24) is 0 Å². The van der Waals surface area contributed by atoms with Crippen molar-refractivity contribution in [1.29, 1.82) is 0 Å². The highest BCUT2D eigenvalue weighted by atomic mass is 16.3. The number of aryl methyl sites for hydroxylation is 2. The van der Waals surface area contributed by atoms with E-state index in [0.717, 1.165) is 17.5 Å². The van der Waals surface area contributed by atoms with Crippen LogP contribution >= 0.6 is 0 Å². The van der Waals surface area contributed by atoms with Gasteiger partial charge in [-0.2, -0.15) is 0 Å².